The molecule has 1 saturated heterocycles. The van der Waals surface area contributed by atoms with Crippen LogP contribution in [0.4, 0.5) is 5.82 Å². The predicted molar refractivity (Wildman–Crippen MR) is 126 cm³/mol. The van der Waals surface area contributed by atoms with Crippen LogP contribution in [0, 0.1) is 5.92 Å². The summed E-state index contributed by atoms with van der Waals surface area (Å²) in [6.45, 7) is 7.20. The largest absolute Gasteiger partial charge is 0.497 e. The lowest BCUT2D eigenvalue weighted by Crippen LogP contribution is -2.51. The van der Waals surface area contributed by atoms with Gasteiger partial charge in [-0.25, -0.2) is 4.98 Å². The molecule has 0 aliphatic carbocycles. The summed E-state index contributed by atoms with van der Waals surface area (Å²) >= 11 is 0. The number of piperazine rings is 1. The van der Waals surface area contributed by atoms with Crippen molar-refractivity contribution in [1.29, 1.82) is 0 Å². The van der Waals surface area contributed by atoms with Crippen LogP contribution in [-0.2, 0) is 17.8 Å². The maximum Gasteiger partial charge on any atom is 0.294 e. The van der Waals surface area contributed by atoms with E-state index in [-0.39, 0.29) is 11.5 Å². The second-order valence-corrected chi connectivity index (χ2v) is 8.63. The summed E-state index contributed by atoms with van der Waals surface area (Å²) in [5, 5.41) is 0. The summed E-state index contributed by atoms with van der Waals surface area (Å²) in [5.41, 5.74) is 2.59. The zero-order valence-corrected chi connectivity index (χ0v) is 19.0. The van der Waals surface area contributed by atoms with Gasteiger partial charge in [-0.1, -0.05) is 38.1 Å². The number of aromatic nitrogens is 2. The summed E-state index contributed by atoms with van der Waals surface area (Å²) < 4.78 is 7.01. The lowest BCUT2D eigenvalue weighted by molar-refractivity contribution is -0.130. The van der Waals surface area contributed by atoms with E-state index in [4.69, 9.17) is 9.72 Å². The fraction of sp³-hybridized carbons (Fsp3) is 0.400. The maximum absolute atomic E-state index is 13.3. The second kappa shape index (κ2) is 9.42. The minimum atomic E-state index is -0.0598. The van der Waals surface area contributed by atoms with Crippen molar-refractivity contribution in [3.05, 3.63) is 64.4 Å². The van der Waals surface area contributed by atoms with Gasteiger partial charge in [0.15, 0.2) is 5.82 Å². The molecule has 7 nitrogen and oxygen atoms in total. The number of benzene rings is 2. The Balaban J connectivity index is 1.48. The highest BCUT2D eigenvalue weighted by Crippen LogP contribution is 2.18. The smallest absolute Gasteiger partial charge is 0.294 e. The molecule has 1 aliphatic heterocycles. The Bertz CT molecular complexity index is 1150. The van der Waals surface area contributed by atoms with Crippen LogP contribution in [0.2, 0.25) is 0 Å². The molecule has 1 fully saturated rings. The number of anilines is 1. The number of methoxy groups -OCH3 is 1. The highest BCUT2D eigenvalue weighted by atomic mass is 16.5. The highest BCUT2D eigenvalue weighted by molar-refractivity contribution is 5.79. The Morgan fingerprint density at radius 1 is 1.03 bits per heavy atom. The zero-order chi connectivity index (χ0) is 22.7. The number of amides is 1. The van der Waals surface area contributed by atoms with Gasteiger partial charge in [-0.15, -0.1) is 0 Å². The van der Waals surface area contributed by atoms with Crippen molar-refractivity contribution in [3.63, 3.8) is 0 Å². The van der Waals surface area contributed by atoms with Crippen LogP contribution in [0.15, 0.2) is 53.3 Å². The molecular formula is C25H30N4O3. The molecule has 7 heteroatoms. The van der Waals surface area contributed by atoms with Gasteiger partial charge in [0.05, 0.1) is 24.6 Å². The van der Waals surface area contributed by atoms with Crippen molar-refractivity contribution in [2.24, 2.45) is 5.92 Å². The Hall–Kier alpha value is -3.35. The molecule has 0 atom stereocenters. The molecule has 168 valence electrons. The van der Waals surface area contributed by atoms with Gasteiger partial charge in [0, 0.05) is 32.7 Å². The molecule has 1 amide bonds. The van der Waals surface area contributed by atoms with Crippen molar-refractivity contribution >= 4 is 22.8 Å². The first-order valence-corrected chi connectivity index (χ1v) is 11.1. The fourth-order valence-corrected chi connectivity index (χ4v) is 4.13. The molecule has 0 spiro atoms. The van der Waals surface area contributed by atoms with E-state index >= 15 is 0 Å². The van der Waals surface area contributed by atoms with Gasteiger partial charge >= 0.3 is 0 Å². The molecule has 2 heterocycles. The SMILES string of the molecule is COc1ccc(CC(=O)N2CCN(c3nc4ccccc4n(CC(C)C)c3=O)CC2)cc1. The number of hydrogen-bond acceptors (Lipinski definition) is 5. The molecule has 2 aromatic carbocycles. The Morgan fingerprint density at radius 3 is 2.38 bits per heavy atom. The first-order chi connectivity index (χ1) is 15.5. The molecule has 1 aliphatic rings. The van der Waals surface area contributed by atoms with Crippen LogP contribution < -0.4 is 15.2 Å². The van der Waals surface area contributed by atoms with Crippen LogP contribution in [0.1, 0.15) is 19.4 Å². The first-order valence-electron chi connectivity index (χ1n) is 11.1. The number of carbonyl (C=O) groups excluding carboxylic acids is 1. The topological polar surface area (TPSA) is 67.7 Å². The van der Waals surface area contributed by atoms with Crippen LogP contribution in [-0.4, -0.2) is 53.6 Å². The van der Waals surface area contributed by atoms with Gasteiger partial charge < -0.3 is 19.1 Å². The van der Waals surface area contributed by atoms with Gasteiger partial charge in [-0.05, 0) is 35.7 Å². The Labute approximate surface area is 188 Å². The third-order valence-electron chi connectivity index (χ3n) is 5.83. The molecular weight excluding hydrogens is 404 g/mol. The predicted octanol–water partition coefficient (Wildman–Crippen LogP) is 2.95. The normalized spacial score (nSPS) is 14.2. The molecule has 0 radical (unpaired) electrons. The fourth-order valence-electron chi connectivity index (χ4n) is 4.13. The number of fused-ring (bicyclic) bond motifs is 1. The molecule has 0 unspecified atom stereocenters. The van der Waals surface area contributed by atoms with E-state index in [0.717, 1.165) is 22.3 Å². The van der Waals surface area contributed by atoms with Gasteiger partial charge in [0.2, 0.25) is 5.91 Å². The van der Waals surface area contributed by atoms with E-state index in [0.29, 0.717) is 50.9 Å². The maximum atomic E-state index is 13.3. The molecule has 0 N–H and O–H groups in total. The summed E-state index contributed by atoms with van der Waals surface area (Å²) in [6, 6.07) is 15.4. The summed E-state index contributed by atoms with van der Waals surface area (Å²) in [6.07, 6.45) is 0.361. The third kappa shape index (κ3) is 4.61. The lowest BCUT2D eigenvalue weighted by Gasteiger charge is -2.35. The van der Waals surface area contributed by atoms with Crippen molar-refractivity contribution in [1.82, 2.24) is 14.5 Å². The molecule has 4 rings (SSSR count). The molecule has 1 aromatic heterocycles. The molecule has 0 saturated carbocycles. The van der Waals surface area contributed by atoms with E-state index in [1.807, 2.05) is 62.9 Å². The number of carbonyl (C=O) groups is 1. The monoisotopic (exact) mass is 434 g/mol. The second-order valence-electron chi connectivity index (χ2n) is 8.63. The van der Waals surface area contributed by atoms with E-state index in [1.54, 1.807) is 7.11 Å². The Morgan fingerprint density at radius 2 is 1.72 bits per heavy atom. The van der Waals surface area contributed by atoms with Gasteiger partial charge in [-0.3, -0.25) is 9.59 Å². The third-order valence-corrected chi connectivity index (χ3v) is 5.83. The number of hydrogen-bond donors (Lipinski definition) is 0. The lowest BCUT2D eigenvalue weighted by atomic mass is 10.1. The number of para-hydroxylation sites is 2. The van der Waals surface area contributed by atoms with Gasteiger partial charge in [0.1, 0.15) is 5.75 Å². The van der Waals surface area contributed by atoms with E-state index in [9.17, 15) is 9.59 Å². The Kier molecular flexibility index (Phi) is 6.44. The summed E-state index contributed by atoms with van der Waals surface area (Å²) in [4.78, 5) is 34.7. The number of rotatable bonds is 6. The van der Waals surface area contributed by atoms with Crippen molar-refractivity contribution < 1.29 is 9.53 Å². The van der Waals surface area contributed by atoms with Crippen LogP contribution in [0.3, 0.4) is 0 Å². The average Bonchev–Trinajstić information content (AvgIpc) is 2.81. The van der Waals surface area contributed by atoms with Gasteiger partial charge in [0.25, 0.3) is 5.56 Å². The molecule has 3 aromatic rings. The van der Waals surface area contributed by atoms with Crippen molar-refractivity contribution in [2.45, 2.75) is 26.8 Å². The molecule has 0 bridgehead atoms. The van der Waals surface area contributed by atoms with Crippen LogP contribution in [0.25, 0.3) is 11.0 Å². The van der Waals surface area contributed by atoms with Crippen molar-refractivity contribution in [3.8, 4) is 5.75 Å². The zero-order valence-electron chi connectivity index (χ0n) is 19.0. The van der Waals surface area contributed by atoms with E-state index in [1.165, 1.54) is 0 Å². The quantitative estimate of drug-likeness (QED) is 0.597. The van der Waals surface area contributed by atoms with E-state index in [2.05, 4.69) is 13.8 Å². The minimum Gasteiger partial charge on any atom is -0.497 e. The van der Waals surface area contributed by atoms with Gasteiger partial charge in [-0.2, -0.15) is 0 Å². The summed E-state index contributed by atoms with van der Waals surface area (Å²) in [7, 11) is 1.63. The minimum absolute atomic E-state index is 0.0598. The highest BCUT2D eigenvalue weighted by Gasteiger charge is 2.25. The molecule has 32 heavy (non-hydrogen) atoms. The number of nitrogens with zero attached hydrogens (tertiary/aromatic N) is 4. The van der Waals surface area contributed by atoms with Crippen LogP contribution >= 0.6 is 0 Å². The standard InChI is InChI=1S/C25H30N4O3/c1-18(2)17-29-22-7-5-4-6-21(22)26-24(25(29)31)28-14-12-27(13-15-28)23(30)16-19-8-10-20(32-3)11-9-19/h4-11,18H,12-17H2,1-3H3. The average molecular weight is 435 g/mol. The number of ether oxygens (including phenoxy) is 1. The van der Waals surface area contributed by atoms with Crippen LogP contribution in [0.5, 0.6) is 5.75 Å². The van der Waals surface area contributed by atoms with Crippen molar-refractivity contribution in [2.75, 3.05) is 38.2 Å². The first kappa shape index (κ1) is 21.9. The summed E-state index contributed by atoms with van der Waals surface area (Å²) in [5.74, 6) is 1.70. The van der Waals surface area contributed by atoms with E-state index < -0.39 is 0 Å².